The molecule has 0 heterocycles. The maximum atomic E-state index is 11.8. The molecular formula is C12H25NO3. The van der Waals surface area contributed by atoms with E-state index in [-0.39, 0.29) is 11.6 Å². The molecule has 16 heavy (non-hydrogen) atoms. The fourth-order valence-corrected chi connectivity index (χ4v) is 1.15. The van der Waals surface area contributed by atoms with Gasteiger partial charge in [0.1, 0.15) is 5.60 Å². The zero-order valence-corrected chi connectivity index (χ0v) is 11.5. The smallest absolute Gasteiger partial charge is 0.337 e. The van der Waals surface area contributed by atoms with Crippen LogP contribution in [0.25, 0.3) is 0 Å². The summed E-state index contributed by atoms with van der Waals surface area (Å²) in [5.74, 6) is -0.322. The number of likely N-dealkylation sites (N-methyl/N-ethyl adjacent to an activating group) is 1. The molecule has 0 bridgehead atoms. The number of carbonyl (C=O) groups is 1. The highest BCUT2D eigenvalue weighted by atomic mass is 16.6. The summed E-state index contributed by atoms with van der Waals surface area (Å²) in [6, 6.07) is 0. The van der Waals surface area contributed by atoms with E-state index in [1.165, 1.54) is 0 Å². The predicted molar refractivity (Wildman–Crippen MR) is 64.4 cm³/mol. The van der Waals surface area contributed by atoms with E-state index in [9.17, 15) is 4.79 Å². The van der Waals surface area contributed by atoms with E-state index in [1.54, 1.807) is 7.05 Å². The third-order valence-corrected chi connectivity index (χ3v) is 1.56. The second-order valence-electron chi connectivity index (χ2n) is 5.81. The minimum atomic E-state index is -0.566. The van der Waals surface area contributed by atoms with Gasteiger partial charge in [0.15, 0.2) is 6.10 Å². The molecule has 0 amide bonds. The van der Waals surface area contributed by atoms with Crippen LogP contribution in [0.5, 0.6) is 0 Å². The van der Waals surface area contributed by atoms with Gasteiger partial charge in [0, 0.05) is 6.54 Å². The maximum Gasteiger partial charge on any atom is 0.337 e. The Hall–Kier alpha value is -0.610. The summed E-state index contributed by atoms with van der Waals surface area (Å²) in [5.41, 5.74) is -0.845. The summed E-state index contributed by atoms with van der Waals surface area (Å²) in [6.07, 6.45) is -0.566. The number of esters is 1. The lowest BCUT2D eigenvalue weighted by atomic mass is 10.1. The standard InChI is InChI=1S/C12H25NO3/c1-11(2,3)15-9(8-13-7)10(14)16-12(4,5)6/h9,13H,8H2,1-7H3. The third kappa shape index (κ3) is 7.65. The predicted octanol–water partition coefficient (Wildman–Crippen LogP) is 1.73. The quantitative estimate of drug-likeness (QED) is 0.749. The zero-order chi connectivity index (χ0) is 13.0. The van der Waals surface area contributed by atoms with Crippen LogP contribution in [0, 0.1) is 0 Å². The molecular weight excluding hydrogens is 206 g/mol. The molecule has 0 aliphatic heterocycles. The van der Waals surface area contributed by atoms with Crippen molar-refractivity contribution in [1.29, 1.82) is 0 Å². The van der Waals surface area contributed by atoms with Crippen molar-refractivity contribution >= 4 is 5.97 Å². The molecule has 0 aliphatic carbocycles. The molecule has 0 saturated heterocycles. The molecule has 0 aliphatic rings. The summed E-state index contributed by atoms with van der Waals surface area (Å²) in [4.78, 5) is 11.8. The molecule has 0 radical (unpaired) electrons. The van der Waals surface area contributed by atoms with E-state index in [0.717, 1.165) is 0 Å². The van der Waals surface area contributed by atoms with E-state index in [4.69, 9.17) is 9.47 Å². The fourth-order valence-electron chi connectivity index (χ4n) is 1.15. The van der Waals surface area contributed by atoms with Crippen LogP contribution in [0.15, 0.2) is 0 Å². The molecule has 4 heteroatoms. The van der Waals surface area contributed by atoms with Gasteiger partial charge in [-0.25, -0.2) is 4.79 Å². The number of hydrogen-bond acceptors (Lipinski definition) is 4. The van der Waals surface area contributed by atoms with Crippen molar-refractivity contribution < 1.29 is 14.3 Å². The SMILES string of the molecule is CNCC(OC(C)(C)C)C(=O)OC(C)(C)C. The van der Waals surface area contributed by atoms with Crippen LogP contribution in [0.3, 0.4) is 0 Å². The van der Waals surface area contributed by atoms with Crippen molar-refractivity contribution in [3.8, 4) is 0 Å². The Kier molecular flexibility index (Phi) is 5.42. The Morgan fingerprint density at radius 3 is 1.94 bits per heavy atom. The first-order valence-corrected chi connectivity index (χ1v) is 5.60. The fraction of sp³-hybridized carbons (Fsp3) is 0.917. The molecule has 1 unspecified atom stereocenters. The van der Waals surface area contributed by atoms with Crippen LogP contribution >= 0.6 is 0 Å². The Bertz CT molecular complexity index is 225. The number of ether oxygens (including phenoxy) is 2. The third-order valence-electron chi connectivity index (χ3n) is 1.56. The van der Waals surface area contributed by atoms with Crippen LogP contribution in [-0.2, 0) is 14.3 Å². The van der Waals surface area contributed by atoms with Crippen LogP contribution in [0.1, 0.15) is 41.5 Å². The molecule has 4 nitrogen and oxygen atoms in total. The lowest BCUT2D eigenvalue weighted by Gasteiger charge is -2.29. The van der Waals surface area contributed by atoms with Crippen molar-refractivity contribution in [2.75, 3.05) is 13.6 Å². The zero-order valence-electron chi connectivity index (χ0n) is 11.5. The largest absolute Gasteiger partial charge is 0.458 e. The second-order valence-corrected chi connectivity index (χ2v) is 5.81. The molecule has 0 fully saturated rings. The molecule has 0 spiro atoms. The highest BCUT2D eigenvalue weighted by Gasteiger charge is 2.29. The molecule has 0 aromatic rings. The summed E-state index contributed by atoms with van der Waals surface area (Å²) in [7, 11) is 1.78. The van der Waals surface area contributed by atoms with Crippen LogP contribution in [-0.4, -0.2) is 36.9 Å². The second kappa shape index (κ2) is 5.64. The average Bonchev–Trinajstić information content (AvgIpc) is 1.97. The van der Waals surface area contributed by atoms with Crippen molar-refractivity contribution in [3.05, 3.63) is 0 Å². The van der Waals surface area contributed by atoms with Crippen molar-refractivity contribution in [2.45, 2.75) is 58.8 Å². The first-order valence-electron chi connectivity index (χ1n) is 5.60. The molecule has 0 saturated carbocycles. The maximum absolute atomic E-state index is 11.8. The molecule has 0 aromatic heterocycles. The van der Waals surface area contributed by atoms with Crippen LogP contribution in [0.2, 0.25) is 0 Å². The van der Waals surface area contributed by atoms with Crippen molar-refractivity contribution in [3.63, 3.8) is 0 Å². The van der Waals surface area contributed by atoms with Crippen molar-refractivity contribution in [2.24, 2.45) is 0 Å². The van der Waals surface area contributed by atoms with Gasteiger partial charge in [0.2, 0.25) is 0 Å². The number of carbonyl (C=O) groups excluding carboxylic acids is 1. The first kappa shape index (κ1) is 15.4. The van der Waals surface area contributed by atoms with Gasteiger partial charge >= 0.3 is 5.97 Å². The lowest BCUT2D eigenvalue weighted by molar-refractivity contribution is -0.176. The van der Waals surface area contributed by atoms with Gasteiger partial charge in [0.05, 0.1) is 5.60 Å². The van der Waals surface area contributed by atoms with Gasteiger partial charge in [-0.2, -0.15) is 0 Å². The van der Waals surface area contributed by atoms with Gasteiger partial charge in [-0.15, -0.1) is 0 Å². The average molecular weight is 231 g/mol. The van der Waals surface area contributed by atoms with E-state index in [1.807, 2.05) is 41.5 Å². The van der Waals surface area contributed by atoms with Gasteiger partial charge < -0.3 is 14.8 Å². The summed E-state index contributed by atoms with van der Waals surface area (Å²) >= 11 is 0. The topological polar surface area (TPSA) is 47.6 Å². The summed E-state index contributed by atoms with van der Waals surface area (Å²) in [5, 5.41) is 2.93. The Balaban J connectivity index is 4.47. The van der Waals surface area contributed by atoms with E-state index in [2.05, 4.69) is 5.32 Å². The van der Waals surface area contributed by atoms with Gasteiger partial charge in [-0.05, 0) is 48.6 Å². The van der Waals surface area contributed by atoms with E-state index >= 15 is 0 Å². The molecule has 0 rings (SSSR count). The van der Waals surface area contributed by atoms with Gasteiger partial charge in [-0.3, -0.25) is 0 Å². The number of nitrogens with one attached hydrogen (secondary N) is 1. The van der Waals surface area contributed by atoms with E-state index < -0.39 is 11.7 Å². The molecule has 0 aromatic carbocycles. The highest BCUT2D eigenvalue weighted by Crippen LogP contribution is 2.15. The Morgan fingerprint density at radius 1 is 1.12 bits per heavy atom. The normalized spacial score (nSPS) is 14.7. The van der Waals surface area contributed by atoms with Gasteiger partial charge in [-0.1, -0.05) is 0 Å². The minimum Gasteiger partial charge on any atom is -0.458 e. The molecule has 1 atom stereocenters. The van der Waals surface area contributed by atoms with Gasteiger partial charge in [0.25, 0.3) is 0 Å². The Labute approximate surface area is 98.7 Å². The van der Waals surface area contributed by atoms with E-state index in [0.29, 0.717) is 6.54 Å². The number of hydrogen-bond donors (Lipinski definition) is 1. The monoisotopic (exact) mass is 231 g/mol. The number of rotatable bonds is 4. The highest BCUT2D eigenvalue weighted by molar-refractivity contribution is 5.75. The Morgan fingerprint density at radius 2 is 1.62 bits per heavy atom. The minimum absolute atomic E-state index is 0.322. The molecule has 1 N–H and O–H groups in total. The first-order chi connectivity index (χ1) is 7.05. The molecule has 96 valence electrons. The van der Waals surface area contributed by atoms with Crippen molar-refractivity contribution in [1.82, 2.24) is 5.32 Å². The summed E-state index contributed by atoms with van der Waals surface area (Å²) in [6.45, 7) is 11.7. The van der Waals surface area contributed by atoms with Crippen LogP contribution < -0.4 is 5.32 Å². The van der Waals surface area contributed by atoms with Crippen LogP contribution in [0.4, 0.5) is 0 Å². The lowest BCUT2D eigenvalue weighted by Crippen LogP contribution is -2.43. The summed E-state index contributed by atoms with van der Waals surface area (Å²) < 4.78 is 10.9.